The first kappa shape index (κ1) is 27.9. The van der Waals surface area contributed by atoms with Gasteiger partial charge in [-0.3, -0.25) is 4.79 Å². The monoisotopic (exact) mass is 442 g/mol. The number of carbonyl (C=O) groups is 1. The molecule has 0 aliphatic carbocycles. The summed E-state index contributed by atoms with van der Waals surface area (Å²) in [6.45, 7) is 6.37. The van der Waals surface area contributed by atoms with Gasteiger partial charge in [0.1, 0.15) is 12.4 Å². The van der Waals surface area contributed by atoms with E-state index in [0.717, 1.165) is 24.2 Å². The average Bonchev–Trinajstić information content (AvgIpc) is 2.81. The molecule has 0 atom stereocenters. The largest absolute Gasteiger partial charge is 0.489 e. The number of para-hydroxylation sites is 1. The van der Waals surface area contributed by atoms with E-state index in [1.165, 1.54) is 83.5 Å². The van der Waals surface area contributed by atoms with Crippen LogP contribution in [0.2, 0.25) is 0 Å². The minimum absolute atomic E-state index is 0.0274. The van der Waals surface area contributed by atoms with Crippen molar-refractivity contribution < 1.29 is 9.53 Å². The third-order valence-electron chi connectivity index (χ3n) is 5.68. The topological polar surface area (TPSA) is 50.7 Å². The molecule has 0 saturated heterocycles. The Morgan fingerprint density at radius 1 is 0.875 bits per heavy atom. The molecule has 0 aliphatic rings. The van der Waals surface area contributed by atoms with Crippen molar-refractivity contribution in [2.75, 3.05) is 6.61 Å². The summed E-state index contributed by atoms with van der Waals surface area (Å²) in [7, 11) is 0. The molecule has 0 heterocycles. The summed E-state index contributed by atoms with van der Waals surface area (Å²) in [6, 6.07) is 7.61. The molecular weight excluding hydrogens is 396 g/mol. The summed E-state index contributed by atoms with van der Waals surface area (Å²) >= 11 is 0. The highest BCUT2D eigenvalue weighted by Crippen LogP contribution is 2.16. The smallest absolute Gasteiger partial charge is 0.240 e. The van der Waals surface area contributed by atoms with Crippen molar-refractivity contribution in [3.63, 3.8) is 0 Å². The number of amides is 1. The third-order valence-corrected chi connectivity index (χ3v) is 5.68. The molecule has 0 fully saturated rings. The van der Waals surface area contributed by atoms with Gasteiger partial charge in [0, 0.05) is 12.0 Å². The SMILES string of the molecule is C=CCOc1ccccc1/C=N\NC(=O)CCCCCCCCCCCCCCCCC. The number of unbranched alkanes of at least 4 members (excludes halogenated alkanes) is 14. The number of ether oxygens (including phenoxy) is 1. The van der Waals surface area contributed by atoms with Crippen molar-refractivity contribution in [3.05, 3.63) is 42.5 Å². The Kier molecular flexibility index (Phi) is 18.1. The number of nitrogens with one attached hydrogen (secondary N) is 1. The fourth-order valence-corrected chi connectivity index (χ4v) is 3.75. The van der Waals surface area contributed by atoms with Gasteiger partial charge in [0.15, 0.2) is 0 Å². The van der Waals surface area contributed by atoms with Crippen LogP contribution < -0.4 is 10.2 Å². The Bertz CT molecular complexity index is 628. The van der Waals surface area contributed by atoms with Gasteiger partial charge < -0.3 is 4.74 Å². The lowest BCUT2D eigenvalue weighted by molar-refractivity contribution is -0.121. The van der Waals surface area contributed by atoms with Crippen molar-refractivity contribution in [3.8, 4) is 5.75 Å². The van der Waals surface area contributed by atoms with E-state index >= 15 is 0 Å². The Morgan fingerprint density at radius 3 is 1.97 bits per heavy atom. The van der Waals surface area contributed by atoms with E-state index in [0.29, 0.717) is 13.0 Å². The van der Waals surface area contributed by atoms with Crippen LogP contribution in [0.3, 0.4) is 0 Å². The van der Waals surface area contributed by atoms with Crippen molar-refractivity contribution in [2.24, 2.45) is 5.10 Å². The van der Waals surface area contributed by atoms with Gasteiger partial charge in [-0.1, -0.05) is 122 Å². The van der Waals surface area contributed by atoms with E-state index in [1.54, 1.807) is 12.3 Å². The van der Waals surface area contributed by atoms with Crippen LogP contribution in [-0.2, 0) is 4.79 Å². The molecule has 0 aliphatic heterocycles. The van der Waals surface area contributed by atoms with Gasteiger partial charge in [-0.05, 0) is 18.6 Å². The average molecular weight is 443 g/mol. The van der Waals surface area contributed by atoms with Crippen LogP contribution in [0.1, 0.15) is 115 Å². The summed E-state index contributed by atoms with van der Waals surface area (Å²) in [6.07, 6.45) is 23.8. The second-order valence-corrected chi connectivity index (χ2v) is 8.63. The van der Waals surface area contributed by atoms with Crippen LogP contribution in [0, 0.1) is 0 Å². The van der Waals surface area contributed by atoms with E-state index in [-0.39, 0.29) is 5.91 Å². The van der Waals surface area contributed by atoms with E-state index in [1.807, 2.05) is 24.3 Å². The summed E-state index contributed by atoms with van der Waals surface area (Å²) in [4.78, 5) is 12.0. The first-order chi connectivity index (χ1) is 15.8. The number of hydrogen-bond acceptors (Lipinski definition) is 3. The standard InChI is InChI=1S/C28H46N2O2/c1-3-5-6-7-8-9-10-11-12-13-14-15-16-17-18-23-28(31)30-29-25-26-21-19-20-22-27(26)32-24-4-2/h4,19-22,25H,2-3,5-18,23-24H2,1H3,(H,30,31)/b29-25-. The van der Waals surface area contributed by atoms with Crippen molar-refractivity contribution in [1.29, 1.82) is 0 Å². The van der Waals surface area contributed by atoms with E-state index in [2.05, 4.69) is 24.0 Å². The normalized spacial score (nSPS) is 11.0. The molecule has 180 valence electrons. The maximum atomic E-state index is 12.0. The molecule has 4 nitrogen and oxygen atoms in total. The molecule has 0 aromatic heterocycles. The first-order valence-electron chi connectivity index (χ1n) is 12.9. The van der Waals surface area contributed by atoms with Crippen molar-refractivity contribution in [1.82, 2.24) is 5.43 Å². The zero-order valence-corrected chi connectivity index (χ0v) is 20.5. The summed E-state index contributed by atoms with van der Waals surface area (Å²) in [5.41, 5.74) is 3.45. The zero-order valence-electron chi connectivity index (χ0n) is 20.5. The Balaban J connectivity index is 1.95. The van der Waals surface area contributed by atoms with Gasteiger partial charge >= 0.3 is 0 Å². The van der Waals surface area contributed by atoms with Gasteiger partial charge in [0.25, 0.3) is 0 Å². The Hall–Kier alpha value is -2.10. The van der Waals surface area contributed by atoms with Crippen LogP contribution >= 0.6 is 0 Å². The third kappa shape index (κ3) is 15.7. The fourth-order valence-electron chi connectivity index (χ4n) is 3.75. The van der Waals surface area contributed by atoms with Crippen LogP contribution in [0.15, 0.2) is 42.0 Å². The van der Waals surface area contributed by atoms with Gasteiger partial charge in [-0.15, -0.1) is 0 Å². The second kappa shape index (κ2) is 20.8. The minimum atomic E-state index is -0.0274. The van der Waals surface area contributed by atoms with Gasteiger partial charge in [-0.2, -0.15) is 5.10 Å². The number of hydrogen-bond donors (Lipinski definition) is 1. The molecule has 0 spiro atoms. The summed E-state index contributed by atoms with van der Waals surface area (Å²) in [5.74, 6) is 0.702. The van der Waals surface area contributed by atoms with Crippen LogP contribution in [0.25, 0.3) is 0 Å². The number of rotatable bonds is 21. The van der Waals surface area contributed by atoms with Crippen molar-refractivity contribution in [2.45, 2.75) is 110 Å². The van der Waals surface area contributed by atoms with Crippen molar-refractivity contribution >= 4 is 12.1 Å². The predicted molar refractivity (Wildman–Crippen MR) is 137 cm³/mol. The van der Waals surface area contributed by atoms with Gasteiger partial charge in [0.2, 0.25) is 5.91 Å². The summed E-state index contributed by atoms with van der Waals surface area (Å²) < 4.78 is 5.58. The molecule has 0 unspecified atom stereocenters. The molecule has 1 aromatic carbocycles. The van der Waals surface area contributed by atoms with Crippen LogP contribution in [0.4, 0.5) is 0 Å². The van der Waals surface area contributed by atoms with Gasteiger partial charge in [-0.25, -0.2) is 5.43 Å². The Labute approximate surface area is 196 Å². The van der Waals surface area contributed by atoms with Gasteiger partial charge in [0.05, 0.1) is 6.21 Å². The number of nitrogens with zero attached hydrogens (tertiary/aromatic N) is 1. The highest BCUT2D eigenvalue weighted by Gasteiger charge is 2.02. The first-order valence-corrected chi connectivity index (χ1v) is 12.9. The molecule has 1 N–H and O–H groups in total. The molecule has 1 amide bonds. The van der Waals surface area contributed by atoms with Crippen LogP contribution in [-0.4, -0.2) is 18.7 Å². The predicted octanol–water partition coefficient (Wildman–Crippen LogP) is 7.96. The lowest BCUT2D eigenvalue weighted by atomic mass is 10.0. The summed E-state index contributed by atoms with van der Waals surface area (Å²) in [5, 5.41) is 4.07. The maximum absolute atomic E-state index is 12.0. The maximum Gasteiger partial charge on any atom is 0.240 e. The molecule has 1 rings (SSSR count). The van der Waals surface area contributed by atoms with E-state index in [4.69, 9.17) is 4.74 Å². The highest BCUT2D eigenvalue weighted by atomic mass is 16.5. The fraction of sp³-hybridized carbons (Fsp3) is 0.643. The lowest BCUT2D eigenvalue weighted by Gasteiger charge is -2.06. The van der Waals surface area contributed by atoms with E-state index in [9.17, 15) is 4.79 Å². The molecule has 0 radical (unpaired) electrons. The number of benzene rings is 1. The quantitative estimate of drug-likeness (QED) is 0.0908. The lowest BCUT2D eigenvalue weighted by Crippen LogP contribution is -2.17. The molecule has 32 heavy (non-hydrogen) atoms. The molecule has 1 aromatic rings. The highest BCUT2D eigenvalue weighted by molar-refractivity contribution is 5.85. The number of hydrazone groups is 1. The number of carbonyl (C=O) groups excluding carboxylic acids is 1. The van der Waals surface area contributed by atoms with Crippen LogP contribution in [0.5, 0.6) is 5.75 Å². The Morgan fingerprint density at radius 2 is 1.41 bits per heavy atom. The zero-order chi connectivity index (χ0) is 23.1. The molecule has 0 bridgehead atoms. The van der Waals surface area contributed by atoms with E-state index < -0.39 is 0 Å². The minimum Gasteiger partial charge on any atom is -0.489 e. The molecule has 0 saturated carbocycles. The molecule has 4 heteroatoms. The second-order valence-electron chi connectivity index (χ2n) is 8.63. The molecular formula is C28H46N2O2.